The Morgan fingerprint density at radius 2 is 2.16 bits per heavy atom. The average Bonchev–Trinajstić information content (AvgIpc) is 2.97. The van der Waals surface area contributed by atoms with Crippen LogP contribution in [0.3, 0.4) is 0 Å². The molecule has 7 heteroatoms. The molecule has 0 fully saturated rings. The standard InChI is InChI=1S/C12H14N4O3/c1-7(12-15-14-8(2)19-12)13-11(18)10(17)9-5-4-6-16(9)3/h4-7H,1-3H3,(H,13,18)/t7-/m1/s1. The Labute approximate surface area is 109 Å². The molecule has 0 spiro atoms. The van der Waals surface area contributed by atoms with Gasteiger partial charge in [0.25, 0.3) is 11.7 Å². The van der Waals surface area contributed by atoms with Gasteiger partial charge < -0.3 is 14.3 Å². The van der Waals surface area contributed by atoms with Crippen molar-refractivity contribution in [2.24, 2.45) is 7.05 Å². The number of aryl methyl sites for hydroxylation is 2. The van der Waals surface area contributed by atoms with Crippen LogP contribution < -0.4 is 5.32 Å². The number of nitrogens with zero attached hydrogens (tertiary/aromatic N) is 3. The lowest BCUT2D eigenvalue weighted by Gasteiger charge is -2.09. The van der Waals surface area contributed by atoms with E-state index in [1.54, 1.807) is 43.8 Å². The third-order valence-corrected chi connectivity index (χ3v) is 2.64. The van der Waals surface area contributed by atoms with E-state index in [-0.39, 0.29) is 5.89 Å². The minimum absolute atomic E-state index is 0.269. The van der Waals surface area contributed by atoms with Gasteiger partial charge in [0.15, 0.2) is 0 Å². The number of hydrogen-bond donors (Lipinski definition) is 1. The maximum Gasteiger partial charge on any atom is 0.294 e. The van der Waals surface area contributed by atoms with Gasteiger partial charge in [-0.05, 0) is 19.1 Å². The first-order valence-corrected chi connectivity index (χ1v) is 5.75. The molecular weight excluding hydrogens is 248 g/mol. The molecule has 1 amide bonds. The van der Waals surface area contributed by atoms with Gasteiger partial charge in [-0.25, -0.2) is 0 Å². The lowest BCUT2D eigenvalue weighted by molar-refractivity contribution is -0.117. The Hall–Kier alpha value is -2.44. The Bertz CT molecular complexity index is 614. The molecule has 0 aliphatic rings. The van der Waals surface area contributed by atoms with E-state index in [2.05, 4.69) is 15.5 Å². The second kappa shape index (κ2) is 5.05. The van der Waals surface area contributed by atoms with Crippen molar-refractivity contribution in [1.29, 1.82) is 0 Å². The highest BCUT2D eigenvalue weighted by atomic mass is 16.4. The van der Waals surface area contributed by atoms with Crippen molar-refractivity contribution in [1.82, 2.24) is 20.1 Å². The van der Waals surface area contributed by atoms with Crippen molar-refractivity contribution >= 4 is 11.7 Å². The predicted molar refractivity (Wildman–Crippen MR) is 65.3 cm³/mol. The number of rotatable bonds is 4. The number of ketones is 1. The van der Waals surface area contributed by atoms with Crippen LogP contribution in [0.4, 0.5) is 0 Å². The zero-order valence-corrected chi connectivity index (χ0v) is 10.9. The van der Waals surface area contributed by atoms with Gasteiger partial charge in [-0.1, -0.05) is 0 Å². The highest BCUT2D eigenvalue weighted by Crippen LogP contribution is 2.10. The molecule has 0 aromatic carbocycles. The van der Waals surface area contributed by atoms with Crippen LogP contribution in [-0.2, 0) is 11.8 Å². The zero-order chi connectivity index (χ0) is 14.0. The van der Waals surface area contributed by atoms with Gasteiger partial charge >= 0.3 is 0 Å². The maximum absolute atomic E-state index is 11.9. The van der Waals surface area contributed by atoms with Crippen LogP contribution in [0.25, 0.3) is 0 Å². The first-order chi connectivity index (χ1) is 8.99. The summed E-state index contributed by atoms with van der Waals surface area (Å²) in [6, 6.07) is 2.77. The molecule has 2 heterocycles. The second-order valence-electron chi connectivity index (χ2n) is 4.19. The van der Waals surface area contributed by atoms with Crippen LogP contribution in [0, 0.1) is 6.92 Å². The fourth-order valence-corrected chi connectivity index (χ4v) is 1.62. The summed E-state index contributed by atoms with van der Waals surface area (Å²) in [5, 5.41) is 9.98. The fraction of sp³-hybridized carbons (Fsp3) is 0.333. The molecule has 19 heavy (non-hydrogen) atoms. The van der Waals surface area contributed by atoms with Crippen molar-refractivity contribution in [2.75, 3.05) is 0 Å². The van der Waals surface area contributed by atoms with E-state index < -0.39 is 17.7 Å². The third-order valence-electron chi connectivity index (χ3n) is 2.64. The highest BCUT2D eigenvalue weighted by molar-refractivity contribution is 6.42. The molecule has 0 radical (unpaired) electrons. The van der Waals surface area contributed by atoms with Gasteiger partial charge in [0.2, 0.25) is 11.8 Å². The van der Waals surface area contributed by atoms with Crippen molar-refractivity contribution in [2.45, 2.75) is 19.9 Å². The summed E-state index contributed by atoms with van der Waals surface area (Å²) in [5.74, 6) is -0.629. The summed E-state index contributed by atoms with van der Waals surface area (Å²) < 4.78 is 6.77. The molecule has 2 aromatic heterocycles. The highest BCUT2D eigenvalue weighted by Gasteiger charge is 2.22. The quantitative estimate of drug-likeness (QED) is 0.649. The van der Waals surface area contributed by atoms with Gasteiger partial charge in [-0.3, -0.25) is 9.59 Å². The van der Waals surface area contributed by atoms with E-state index in [0.717, 1.165) is 0 Å². The van der Waals surface area contributed by atoms with E-state index in [4.69, 9.17) is 4.42 Å². The number of aromatic nitrogens is 3. The van der Waals surface area contributed by atoms with E-state index >= 15 is 0 Å². The van der Waals surface area contributed by atoms with Gasteiger partial charge in [0.1, 0.15) is 6.04 Å². The number of Topliss-reactive ketones (excluding diaryl/α,β-unsaturated/α-hetero) is 1. The monoisotopic (exact) mass is 262 g/mol. The van der Waals surface area contributed by atoms with E-state index in [0.29, 0.717) is 11.6 Å². The molecule has 0 saturated heterocycles. The summed E-state index contributed by atoms with van der Waals surface area (Å²) >= 11 is 0. The Morgan fingerprint density at radius 3 is 2.68 bits per heavy atom. The Kier molecular flexibility index (Phi) is 3.46. The molecule has 2 aromatic rings. The lowest BCUT2D eigenvalue weighted by atomic mass is 10.2. The SMILES string of the molecule is Cc1nnc([C@@H](C)NC(=O)C(=O)c2cccn2C)o1. The smallest absolute Gasteiger partial charge is 0.294 e. The number of carbonyl (C=O) groups is 2. The molecule has 0 saturated carbocycles. The van der Waals surface area contributed by atoms with Crippen molar-refractivity contribution in [3.8, 4) is 0 Å². The van der Waals surface area contributed by atoms with Gasteiger partial charge in [-0.15, -0.1) is 10.2 Å². The molecule has 100 valence electrons. The number of nitrogens with one attached hydrogen (secondary N) is 1. The largest absolute Gasteiger partial charge is 0.423 e. The molecule has 0 bridgehead atoms. The zero-order valence-electron chi connectivity index (χ0n) is 10.9. The molecule has 1 atom stereocenters. The van der Waals surface area contributed by atoms with Crippen LogP contribution in [0.1, 0.15) is 35.2 Å². The number of amides is 1. The molecule has 0 aliphatic carbocycles. The fourth-order valence-electron chi connectivity index (χ4n) is 1.62. The minimum atomic E-state index is -0.704. The van der Waals surface area contributed by atoms with E-state index in [1.807, 2.05) is 0 Å². The van der Waals surface area contributed by atoms with Crippen LogP contribution in [-0.4, -0.2) is 26.5 Å². The van der Waals surface area contributed by atoms with Crippen LogP contribution in [0.2, 0.25) is 0 Å². The van der Waals surface area contributed by atoms with Crippen LogP contribution >= 0.6 is 0 Å². The summed E-state index contributed by atoms with van der Waals surface area (Å²) in [5.41, 5.74) is 0.325. The van der Waals surface area contributed by atoms with Crippen LogP contribution in [0.5, 0.6) is 0 Å². The molecule has 7 nitrogen and oxygen atoms in total. The molecule has 0 unspecified atom stereocenters. The summed E-state index contributed by atoms with van der Waals surface area (Å²) in [7, 11) is 1.70. The molecular formula is C12H14N4O3. The van der Waals surface area contributed by atoms with Crippen LogP contribution in [0.15, 0.2) is 22.7 Å². The van der Waals surface area contributed by atoms with Crippen molar-refractivity contribution in [3.05, 3.63) is 35.8 Å². The topological polar surface area (TPSA) is 90.0 Å². The Morgan fingerprint density at radius 1 is 1.42 bits per heavy atom. The van der Waals surface area contributed by atoms with E-state index in [9.17, 15) is 9.59 Å². The second-order valence-corrected chi connectivity index (χ2v) is 4.19. The van der Waals surface area contributed by atoms with Crippen molar-refractivity contribution in [3.63, 3.8) is 0 Å². The maximum atomic E-state index is 11.9. The first-order valence-electron chi connectivity index (χ1n) is 5.75. The summed E-state index contributed by atoms with van der Waals surface area (Å²) in [6.45, 7) is 3.32. The molecule has 2 rings (SSSR count). The predicted octanol–water partition coefficient (Wildman–Crippen LogP) is 0.777. The van der Waals surface area contributed by atoms with Crippen molar-refractivity contribution < 1.29 is 14.0 Å². The average molecular weight is 262 g/mol. The normalized spacial score (nSPS) is 12.2. The summed E-state index contributed by atoms with van der Waals surface area (Å²) in [6.07, 6.45) is 1.70. The number of hydrogen-bond acceptors (Lipinski definition) is 5. The minimum Gasteiger partial charge on any atom is -0.423 e. The van der Waals surface area contributed by atoms with Gasteiger partial charge in [0.05, 0.1) is 5.69 Å². The van der Waals surface area contributed by atoms with Gasteiger partial charge in [0, 0.05) is 20.2 Å². The molecule has 1 N–H and O–H groups in total. The third kappa shape index (κ3) is 2.70. The number of carbonyl (C=O) groups excluding carboxylic acids is 2. The van der Waals surface area contributed by atoms with Gasteiger partial charge in [-0.2, -0.15) is 0 Å². The first kappa shape index (κ1) is 13.0. The van der Waals surface area contributed by atoms with E-state index in [1.165, 1.54) is 0 Å². The summed E-state index contributed by atoms with van der Waals surface area (Å²) in [4.78, 5) is 23.7. The molecule has 0 aliphatic heterocycles. The lowest BCUT2D eigenvalue weighted by Crippen LogP contribution is -2.34. The Balaban J connectivity index is 2.05.